The van der Waals surface area contributed by atoms with Crippen molar-refractivity contribution in [3.05, 3.63) is 46.9 Å². The minimum atomic E-state index is -0.792. The van der Waals surface area contributed by atoms with Gasteiger partial charge in [0.05, 0.1) is 16.4 Å². The topological polar surface area (TPSA) is 79.7 Å². The summed E-state index contributed by atoms with van der Waals surface area (Å²) < 4.78 is 17.1. The van der Waals surface area contributed by atoms with Crippen molar-refractivity contribution in [3.8, 4) is 5.75 Å². The van der Waals surface area contributed by atoms with Crippen molar-refractivity contribution in [1.29, 1.82) is 0 Å². The van der Waals surface area contributed by atoms with Crippen LogP contribution in [-0.4, -0.2) is 28.4 Å². The Bertz CT molecular complexity index is 1030. The van der Waals surface area contributed by atoms with Crippen LogP contribution in [0.15, 0.2) is 41.3 Å². The fourth-order valence-corrected chi connectivity index (χ4v) is 2.68. The van der Waals surface area contributed by atoms with Crippen molar-refractivity contribution in [3.63, 3.8) is 0 Å². The van der Waals surface area contributed by atoms with Gasteiger partial charge in [0, 0.05) is 18.7 Å². The van der Waals surface area contributed by atoms with Crippen molar-refractivity contribution in [1.82, 2.24) is 9.55 Å². The first-order chi connectivity index (χ1) is 12.3. The molecule has 136 valence electrons. The molecule has 0 radical (unpaired) electrons. The van der Waals surface area contributed by atoms with Gasteiger partial charge in [-0.25, -0.2) is 4.79 Å². The lowest BCUT2D eigenvalue weighted by atomic mass is 10.1. The largest absolute Gasteiger partial charge is 0.514 e. The first kappa shape index (κ1) is 17.9. The van der Waals surface area contributed by atoms with E-state index >= 15 is 0 Å². The van der Waals surface area contributed by atoms with E-state index in [0.29, 0.717) is 27.6 Å². The molecule has 0 saturated heterocycles. The molecule has 0 N–H and O–H groups in total. The second kappa shape index (κ2) is 6.76. The van der Waals surface area contributed by atoms with Crippen LogP contribution in [0.3, 0.4) is 0 Å². The normalized spacial score (nSPS) is 11.7. The number of methoxy groups -OCH3 is 1. The Labute approximate surface area is 150 Å². The lowest BCUT2D eigenvalue weighted by Gasteiger charge is -2.19. The number of hydrogen-bond acceptors (Lipinski definition) is 6. The number of rotatable bonds is 3. The van der Waals surface area contributed by atoms with Gasteiger partial charge in [0.1, 0.15) is 18.1 Å². The van der Waals surface area contributed by atoms with Crippen molar-refractivity contribution in [2.24, 2.45) is 0 Å². The molecule has 0 amide bonds. The minimum Gasteiger partial charge on any atom is -0.428 e. The van der Waals surface area contributed by atoms with Crippen LogP contribution in [0.2, 0.25) is 0 Å². The van der Waals surface area contributed by atoms with Crippen molar-refractivity contribution < 1.29 is 19.0 Å². The zero-order valence-electron chi connectivity index (χ0n) is 15.1. The molecular formula is C19H20N2O5. The third-order valence-corrected chi connectivity index (χ3v) is 3.65. The number of pyridine rings is 2. The molecule has 0 aliphatic heterocycles. The van der Waals surface area contributed by atoms with Gasteiger partial charge in [0.25, 0.3) is 5.56 Å². The average molecular weight is 356 g/mol. The summed E-state index contributed by atoms with van der Waals surface area (Å²) in [6.07, 6.45) is 0.822. The van der Waals surface area contributed by atoms with E-state index < -0.39 is 11.8 Å². The predicted octanol–water partition coefficient (Wildman–Crippen LogP) is 3.47. The number of carbonyl (C=O) groups excluding carboxylic acids is 1. The molecule has 0 bridgehead atoms. The lowest BCUT2D eigenvalue weighted by Crippen LogP contribution is -2.26. The molecule has 0 atom stereocenters. The first-order valence-electron chi connectivity index (χ1n) is 8.11. The molecule has 2 aromatic heterocycles. The quantitative estimate of drug-likeness (QED) is 0.406. The SMILES string of the molecule is COCn1c(=O)c2cccnc2c2cc(OC(=O)OC(C)(C)C)ccc21. The molecule has 7 heteroatoms. The summed E-state index contributed by atoms with van der Waals surface area (Å²) in [5.74, 6) is 0.307. The summed E-state index contributed by atoms with van der Waals surface area (Å²) in [5, 5.41) is 1.14. The van der Waals surface area contributed by atoms with Crippen LogP contribution in [-0.2, 0) is 16.2 Å². The zero-order chi connectivity index (χ0) is 18.9. The van der Waals surface area contributed by atoms with E-state index in [1.807, 2.05) is 0 Å². The molecule has 0 spiro atoms. The zero-order valence-corrected chi connectivity index (χ0v) is 15.1. The van der Waals surface area contributed by atoms with E-state index in [-0.39, 0.29) is 12.3 Å². The number of carbonyl (C=O) groups is 1. The minimum absolute atomic E-state index is 0.104. The Morgan fingerprint density at radius 3 is 2.65 bits per heavy atom. The average Bonchev–Trinajstić information content (AvgIpc) is 2.57. The molecule has 0 aliphatic carbocycles. The summed E-state index contributed by atoms with van der Waals surface area (Å²) in [6.45, 7) is 5.38. The van der Waals surface area contributed by atoms with E-state index in [1.54, 1.807) is 57.3 Å². The summed E-state index contributed by atoms with van der Waals surface area (Å²) in [7, 11) is 1.52. The van der Waals surface area contributed by atoms with Gasteiger partial charge >= 0.3 is 6.16 Å². The number of fused-ring (bicyclic) bond motifs is 3. The summed E-state index contributed by atoms with van der Waals surface area (Å²) in [6, 6.07) is 8.38. The molecule has 0 aliphatic rings. The van der Waals surface area contributed by atoms with E-state index in [1.165, 1.54) is 11.7 Å². The van der Waals surface area contributed by atoms with Crippen LogP contribution >= 0.6 is 0 Å². The number of aromatic nitrogens is 2. The number of ether oxygens (including phenoxy) is 3. The maximum absolute atomic E-state index is 12.7. The van der Waals surface area contributed by atoms with E-state index in [2.05, 4.69) is 4.98 Å². The molecule has 1 aromatic carbocycles. The Kier molecular flexibility index (Phi) is 4.65. The monoisotopic (exact) mass is 356 g/mol. The molecule has 3 aromatic rings. The molecule has 26 heavy (non-hydrogen) atoms. The smallest absolute Gasteiger partial charge is 0.428 e. The number of benzene rings is 1. The number of nitrogens with zero attached hydrogens (tertiary/aromatic N) is 2. The highest BCUT2D eigenvalue weighted by Crippen LogP contribution is 2.26. The van der Waals surface area contributed by atoms with Crippen LogP contribution in [0.1, 0.15) is 20.8 Å². The maximum atomic E-state index is 12.7. The predicted molar refractivity (Wildman–Crippen MR) is 97.4 cm³/mol. The molecule has 0 fully saturated rings. The fraction of sp³-hybridized carbons (Fsp3) is 0.316. The van der Waals surface area contributed by atoms with Gasteiger partial charge in [-0.15, -0.1) is 0 Å². The highest BCUT2D eigenvalue weighted by molar-refractivity contribution is 6.03. The number of hydrogen-bond donors (Lipinski definition) is 0. The molecule has 0 unspecified atom stereocenters. The second-order valence-corrected chi connectivity index (χ2v) is 6.80. The van der Waals surface area contributed by atoms with Gasteiger partial charge in [0.15, 0.2) is 0 Å². The molecule has 3 rings (SSSR count). The maximum Gasteiger partial charge on any atom is 0.514 e. The summed E-state index contributed by atoms with van der Waals surface area (Å²) in [5.41, 5.74) is 0.332. The van der Waals surface area contributed by atoms with Crippen molar-refractivity contribution >= 4 is 28.0 Å². The third-order valence-electron chi connectivity index (χ3n) is 3.65. The van der Waals surface area contributed by atoms with Gasteiger partial charge in [-0.3, -0.25) is 14.3 Å². The first-order valence-corrected chi connectivity index (χ1v) is 8.11. The lowest BCUT2D eigenvalue weighted by molar-refractivity contribution is 0.0206. The Morgan fingerprint density at radius 2 is 1.96 bits per heavy atom. The summed E-state index contributed by atoms with van der Waals surface area (Å²) in [4.78, 5) is 28.9. The van der Waals surface area contributed by atoms with Gasteiger partial charge < -0.3 is 14.2 Å². The van der Waals surface area contributed by atoms with Crippen LogP contribution in [0.5, 0.6) is 5.75 Å². The fourth-order valence-electron chi connectivity index (χ4n) is 2.68. The van der Waals surface area contributed by atoms with Crippen molar-refractivity contribution in [2.45, 2.75) is 33.1 Å². The molecule has 7 nitrogen and oxygen atoms in total. The van der Waals surface area contributed by atoms with Gasteiger partial charge in [-0.1, -0.05) is 0 Å². The standard InChI is InChI=1S/C19H20N2O5/c1-19(2,3)26-18(23)25-12-7-8-15-14(10-12)16-13(6-5-9-20-16)17(22)21(15)11-24-4/h5-10H,11H2,1-4H3. The van der Waals surface area contributed by atoms with Crippen LogP contribution in [0.25, 0.3) is 21.8 Å². The van der Waals surface area contributed by atoms with Crippen molar-refractivity contribution in [2.75, 3.05) is 7.11 Å². The highest BCUT2D eigenvalue weighted by atomic mass is 16.7. The molecule has 2 heterocycles. The third kappa shape index (κ3) is 3.52. The van der Waals surface area contributed by atoms with E-state index in [4.69, 9.17) is 14.2 Å². The highest BCUT2D eigenvalue weighted by Gasteiger charge is 2.19. The van der Waals surface area contributed by atoms with Gasteiger partial charge in [-0.2, -0.15) is 0 Å². The van der Waals surface area contributed by atoms with Crippen LogP contribution in [0, 0.1) is 0 Å². The Hall–Kier alpha value is -2.93. The second-order valence-electron chi connectivity index (χ2n) is 6.80. The van der Waals surface area contributed by atoms with E-state index in [0.717, 1.165) is 0 Å². The van der Waals surface area contributed by atoms with Crippen LogP contribution in [0.4, 0.5) is 4.79 Å². The van der Waals surface area contributed by atoms with Gasteiger partial charge in [0.2, 0.25) is 0 Å². The van der Waals surface area contributed by atoms with Gasteiger partial charge in [-0.05, 0) is 51.1 Å². The molecular weight excluding hydrogens is 336 g/mol. The summed E-state index contributed by atoms with van der Waals surface area (Å²) >= 11 is 0. The Morgan fingerprint density at radius 1 is 1.19 bits per heavy atom. The van der Waals surface area contributed by atoms with E-state index in [9.17, 15) is 9.59 Å². The van der Waals surface area contributed by atoms with Crippen LogP contribution < -0.4 is 10.3 Å². The molecule has 0 saturated carbocycles. The Balaban J connectivity index is 2.14.